The van der Waals surface area contributed by atoms with Gasteiger partial charge in [-0.1, -0.05) is 29.8 Å². The number of para-hydroxylation sites is 1. The second-order valence-electron chi connectivity index (χ2n) is 3.94. The highest BCUT2D eigenvalue weighted by atomic mass is 35.5. The summed E-state index contributed by atoms with van der Waals surface area (Å²) in [7, 11) is 0. The first kappa shape index (κ1) is 13.9. The number of carbonyl (C=O) groups is 2. The first-order valence-corrected chi connectivity index (χ1v) is 6.10. The normalized spacial score (nSPS) is 9.85. The van der Waals surface area contributed by atoms with Crippen molar-refractivity contribution < 1.29 is 14.7 Å². The molecule has 2 aromatic carbocycles. The van der Waals surface area contributed by atoms with Crippen LogP contribution >= 0.6 is 11.6 Å². The van der Waals surface area contributed by atoms with Crippen LogP contribution in [0.3, 0.4) is 0 Å². The Bertz CT molecular complexity index is 644. The summed E-state index contributed by atoms with van der Waals surface area (Å²) < 4.78 is 0. The number of benzene rings is 2. The van der Waals surface area contributed by atoms with E-state index in [1.54, 1.807) is 24.3 Å². The molecule has 2 rings (SSSR count). The van der Waals surface area contributed by atoms with Gasteiger partial charge in [0.15, 0.2) is 0 Å². The number of urea groups is 1. The molecule has 0 bridgehead atoms. The third-order valence-electron chi connectivity index (χ3n) is 2.50. The van der Waals surface area contributed by atoms with E-state index in [4.69, 9.17) is 16.7 Å². The van der Waals surface area contributed by atoms with Crippen LogP contribution in [0, 0.1) is 0 Å². The molecule has 2 amide bonds. The smallest absolute Gasteiger partial charge is 0.335 e. The van der Waals surface area contributed by atoms with Gasteiger partial charge in [-0.2, -0.15) is 0 Å². The number of amides is 2. The van der Waals surface area contributed by atoms with Gasteiger partial charge in [-0.05, 0) is 30.3 Å². The monoisotopic (exact) mass is 290 g/mol. The largest absolute Gasteiger partial charge is 0.478 e. The quantitative estimate of drug-likeness (QED) is 0.807. The predicted octanol–water partition coefficient (Wildman–Crippen LogP) is 3.68. The van der Waals surface area contributed by atoms with Crippen molar-refractivity contribution in [2.45, 2.75) is 0 Å². The highest BCUT2D eigenvalue weighted by Crippen LogP contribution is 2.23. The van der Waals surface area contributed by atoms with E-state index in [0.29, 0.717) is 11.4 Å². The number of hydrogen-bond acceptors (Lipinski definition) is 2. The number of carboxylic acid groups (broad SMARTS) is 1. The van der Waals surface area contributed by atoms with Crippen LogP contribution < -0.4 is 10.6 Å². The van der Waals surface area contributed by atoms with Gasteiger partial charge in [0.1, 0.15) is 0 Å². The average Bonchev–Trinajstić information content (AvgIpc) is 2.42. The molecule has 0 unspecified atom stereocenters. The van der Waals surface area contributed by atoms with Crippen LogP contribution in [-0.2, 0) is 0 Å². The molecule has 0 saturated carbocycles. The minimum absolute atomic E-state index is 0.0593. The summed E-state index contributed by atoms with van der Waals surface area (Å²) in [6, 6.07) is 12.5. The van der Waals surface area contributed by atoms with Crippen molar-refractivity contribution in [3.63, 3.8) is 0 Å². The van der Waals surface area contributed by atoms with Crippen molar-refractivity contribution in [1.29, 1.82) is 0 Å². The van der Waals surface area contributed by atoms with Crippen molar-refractivity contribution in [3.8, 4) is 0 Å². The summed E-state index contributed by atoms with van der Waals surface area (Å²) in [6.45, 7) is 0. The lowest BCUT2D eigenvalue weighted by Crippen LogP contribution is -2.19. The maximum absolute atomic E-state index is 11.8. The number of anilines is 2. The van der Waals surface area contributed by atoms with Crippen LogP contribution in [0.25, 0.3) is 0 Å². The number of carbonyl (C=O) groups excluding carboxylic acids is 1. The van der Waals surface area contributed by atoms with Gasteiger partial charge in [0, 0.05) is 5.69 Å². The molecule has 0 aromatic heterocycles. The standard InChI is InChI=1S/C14H11ClN2O3/c15-11-8-9(13(18)19)6-7-12(11)17-14(20)16-10-4-2-1-3-5-10/h1-8H,(H,18,19)(H2,16,17,20). The van der Waals surface area contributed by atoms with Gasteiger partial charge in [0.2, 0.25) is 0 Å². The minimum atomic E-state index is -1.08. The van der Waals surface area contributed by atoms with Crippen LogP contribution in [0.5, 0.6) is 0 Å². The number of aromatic carboxylic acids is 1. The fourth-order valence-electron chi connectivity index (χ4n) is 1.56. The zero-order valence-electron chi connectivity index (χ0n) is 10.3. The Morgan fingerprint density at radius 2 is 1.70 bits per heavy atom. The molecule has 0 radical (unpaired) electrons. The molecule has 0 saturated heterocycles. The zero-order valence-corrected chi connectivity index (χ0v) is 11.0. The van der Waals surface area contributed by atoms with E-state index in [9.17, 15) is 9.59 Å². The van der Waals surface area contributed by atoms with E-state index in [1.165, 1.54) is 18.2 Å². The lowest BCUT2D eigenvalue weighted by Gasteiger charge is -2.09. The third kappa shape index (κ3) is 3.49. The molecule has 102 valence electrons. The van der Waals surface area contributed by atoms with Gasteiger partial charge in [0.05, 0.1) is 16.3 Å². The Morgan fingerprint density at radius 1 is 1.00 bits per heavy atom. The van der Waals surface area contributed by atoms with Gasteiger partial charge < -0.3 is 15.7 Å². The molecule has 0 heterocycles. The summed E-state index contributed by atoms with van der Waals surface area (Å²) in [5, 5.41) is 14.2. The van der Waals surface area contributed by atoms with E-state index >= 15 is 0 Å². The molecule has 5 nitrogen and oxygen atoms in total. The molecule has 20 heavy (non-hydrogen) atoms. The Kier molecular flexibility index (Phi) is 4.22. The van der Waals surface area contributed by atoms with E-state index in [1.807, 2.05) is 6.07 Å². The molecule has 2 aromatic rings. The average molecular weight is 291 g/mol. The first-order chi connectivity index (χ1) is 9.56. The number of nitrogens with one attached hydrogen (secondary N) is 2. The fourth-order valence-corrected chi connectivity index (χ4v) is 1.78. The molecular weight excluding hydrogens is 280 g/mol. The lowest BCUT2D eigenvalue weighted by atomic mass is 10.2. The predicted molar refractivity (Wildman–Crippen MR) is 77.5 cm³/mol. The van der Waals surface area contributed by atoms with E-state index in [-0.39, 0.29) is 10.6 Å². The van der Waals surface area contributed by atoms with Crippen molar-refractivity contribution >= 4 is 35.0 Å². The lowest BCUT2D eigenvalue weighted by molar-refractivity contribution is 0.0697. The Hall–Kier alpha value is -2.53. The molecule has 6 heteroatoms. The molecule has 0 aliphatic carbocycles. The maximum Gasteiger partial charge on any atom is 0.335 e. The highest BCUT2D eigenvalue weighted by molar-refractivity contribution is 6.34. The van der Waals surface area contributed by atoms with Gasteiger partial charge in [-0.15, -0.1) is 0 Å². The van der Waals surface area contributed by atoms with Gasteiger partial charge in [-0.3, -0.25) is 0 Å². The second-order valence-corrected chi connectivity index (χ2v) is 4.35. The summed E-state index contributed by atoms with van der Waals surface area (Å²) >= 11 is 5.91. The van der Waals surface area contributed by atoms with Gasteiger partial charge in [-0.25, -0.2) is 9.59 Å². The van der Waals surface area contributed by atoms with Crippen LogP contribution in [0.2, 0.25) is 5.02 Å². The Morgan fingerprint density at radius 3 is 2.30 bits per heavy atom. The third-order valence-corrected chi connectivity index (χ3v) is 2.81. The van der Waals surface area contributed by atoms with Crippen LogP contribution in [0.4, 0.5) is 16.2 Å². The molecule has 0 aliphatic rings. The highest BCUT2D eigenvalue weighted by Gasteiger charge is 2.09. The SMILES string of the molecule is O=C(Nc1ccccc1)Nc1ccc(C(=O)O)cc1Cl. The van der Waals surface area contributed by atoms with Gasteiger partial charge >= 0.3 is 12.0 Å². The van der Waals surface area contributed by atoms with E-state index < -0.39 is 12.0 Å². The molecule has 3 N–H and O–H groups in total. The first-order valence-electron chi connectivity index (χ1n) is 5.72. The van der Waals surface area contributed by atoms with Crippen molar-refractivity contribution in [3.05, 3.63) is 59.1 Å². The Balaban J connectivity index is 2.06. The number of halogens is 1. The van der Waals surface area contributed by atoms with Crippen molar-refractivity contribution in [1.82, 2.24) is 0 Å². The number of hydrogen-bond donors (Lipinski definition) is 3. The molecule has 0 atom stereocenters. The Labute approximate surface area is 120 Å². The second kappa shape index (κ2) is 6.08. The maximum atomic E-state index is 11.8. The summed E-state index contributed by atoms with van der Waals surface area (Å²) in [4.78, 5) is 22.5. The van der Waals surface area contributed by atoms with Crippen molar-refractivity contribution in [2.75, 3.05) is 10.6 Å². The molecular formula is C14H11ClN2O3. The zero-order chi connectivity index (χ0) is 14.5. The topological polar surface area (TPSA) is 78.4 Å². The van der Waals surface area contributed by atoms with E-state index in [0.717, 1.165) is 0 Å². The summed E-state index contributed by atoms with van der Waals surface area (Å²) in [5.41, 5.74) is 1.04. The summed E-state index contributed by atoms with van der Waals surface area (Å²) in [5.74, 6) is -1.08. The molecule has 0 fully saturated rings. The number of carboxylic acids is 1. The van der Waals surface area contributed by atoms with Crippen molar-refractivity contribution in [2.24, 2.45) is 0 Å². The molecule has 0 aliphatic heterocycles. The molecule has 0 spiro atoms. The summed E-state index contributed by atoms with van der Waals surface area (Å²) in [6.07, 6.45) is 0. The fraction of sp³-hybridized carbons (Fsp3) is 0. The van der Waals surface area contributed by atoms with Crippen LogP contribution in [0.15, 0.2) is 48.5 Å². The van der Waals surface area contributed by atoms with Crippen LogP contribution in [0.1, 0.15) is 10.4 Å². The van der Waals surface area contributed by atoms with Gasteiger partial charge in [0.25, 0.3) is 0 Å². The van der Waals surface area contributed by atoms with E-state index in [2.05, 4.69) is 10.6 Å². The van der Waals surface area contributed by atoms with Crippen LogP contribution in [-0.4, -0.2) is 17.1 Å². The number of rotatable bonds is 3. The minimum Gasteiger partial charge on any atom is -0.478 e.